The maximum absolute atomic E-state index is 14.1. The van der Waals surface area contributed by atoms with E-state index in [2.05, 4.69) is 11.2 Å². The van der Waals surface area contributed by atoms with Gasteiger partial charge in [0, 0.05) is 12.1 Å². The minimum absolute atomic E-state index is 0.0672. The first-order valence-electron chi connectivity index (χ1n) is 12.9. The summed E-state index contributed by atoms with van der Waals surface area (Å²) in [4.78, 5) is 29.2. The molecule has 0 aliphatic rings. The van der Waals surface area contributed by atoms with E-state index in [0.29, 0.717) is 29.9 Å². The average Bonchev–Trinajstić information content (AvgIpc) is 3.25. The normalized spacial score (nSPS) is 11.8. The molecular formula is C30H30F2N6O2. The fourth-order valence-electron chi connectivity index (χ4n) is 4.66. The number of nitrogens with zero attached hydrogens (tertiary/aromatic N) is 5. The Kier molecular flexibility index (Phi) is 8.86. The highest BCUT2D eigenvalue weighted by Gasteiger charge is 2.34. The van der Waals surface area contributed by atoms with Gasteiger partial charge in [0.2, 0.25) is 0 Å². The summed E-state index contributed by atoms with van der Waals surface area (Å²) in [6, 6.07) is 19.1. The monoisotopic (exact) mass is 544 g/mol. The summed E-state index contributed by atoms with van der Waals surface area (Å²) in [5.41, 5.74) is 6.91. The number of halogens is 2. The Balaban J connectivity index is 1.90. The number of hydrogen-bond donors (Lipinski definition) is 1. The van der Waals surface area contributed by atoms with Crippen LogP contribution in [-0.4, -0.2) is 38.2 Å². The second-order valence-corrected chi connectivity index (χ2v) is 9.77. The van der Waals surface area contributed by atoms with Crippen LogP contribution in [0.15, 0.2) is 77.6 Å². The molecule has 1 aromatic heterocycles. The van der Waals surface area contributed by atoms with Crippen LogP contribution in [-0.2, 0) is 6.54 Å². The molecule has 2 N–H and O–H groups in total. The fraction of sp³-hybridized carbons (Fsp3) is 0.267. The number of nitrogens with two attached hydrogens (primary N) is 1. The molecule has 1 heterocycles. The number of carbonyl (C=O) groups excluding carboxylic acids is 1. The van der Waals surface area contributed by atoms with Crippen molar-refractivity contribution in [1.82, 2.24) is 19.2 Å². The standard InChI is InChI=1S/C30H30F2N6O2/c1-20(2)27(36(15-5-14-33)29(39)23-10-12-24(31)13-11-23)28-35-38(26-9-4-8-25(32)17-26)30(40)37(28)19-22-7-3-6-21(16-22)18-34/h3-4,6-13,16-17,20,27H,5,14-15,19,33H2,1-2H3. The molecule has 4 aromatic rings. The molecule has 0 radical (unpaired) electrons. The van der Waals surface area contributed by atoms with E-state index in [-0.39, 0.29) is 36.2 Å². The minimum Gasteiger partial charge on any atom is -0.330 e. The van der Waals surface area contributed by atoms with Crippen LogP contribution in [0.4, 0.5) is 8.78 Å². The predicted molar refractivity (Wildman–Crippen MR) is 147 cm³/mol. The molecular weight excluding hydrogens is 514 g/mol. The van der Waals surface area contributed by atoms with Gasteiger partial charge >= 0.3 is 5.69 Å². The number of carbonyl (C=O) groups is 1. The molecule has 10 heteroatoms. The molecule has 1 atom stereocenters. The van der Waals surface area contributed by atoms with Crippen molar-refractivity contribution in [2.45, 2.75) is 32.9 Å². The molecule has 8 nitrogen and oxygen atoms in total. The van der Waals surface area contributed by atoms with E-state index in [9.17, 15) is 23.6 Å². The van der Waals surface area contributed by atoms with Gasteiger partial charge in [0.25, 0.3) is 5.91 Å². The maximum Gasteiger partial charge on any atom is 0.351 e. The molecule has 0 saturated heterocycles. The summed E-state index contributed by atoms with van der Waals surface area (Å²) < 4.78 is 30.3. The van der Waals surface area contributed by atoms with E-state index in [1.165, 1.54) is 47.0 Å². The van der Waals surface area contributed by atoms with Gasteiger partial charge in [0.1, 0.15) is 11.6 Å². The van der Waals surface area contributed by atoms with Gasteiger partial charge in [-0.05, 0) is 79.0 Å². The molecule has 206 valence electrons. The zero-order valence-corrected chi connectivity index (χ0v) is 22.3. The van der Waals surface area contributed by atoms with E-state index in [0.717, 1.165) is 4.68 Å². The number of aromatic nitrogens is 3. The van der Waals surface area contributed by atoms with Crippen LogP contribution in [0.2, 0.25) is 0 Å². The molecule has 40 heavy (non-hydrogen) atoms. The van der Waals surface area contributed by atoms with Crippen molar-refractivity contribution in [2.24, 2.45) is 11.7 Å². The third-order valence-electron chi connectivity index (χ3n) is 6.53. The average molecular weight is 545 g/mol. The Morgan fingerprint density at radius 2 is 1.77 bits per heavy atom. The number of rotatable bonds is 10. The van der Waals surface area contributed by atoms with Crippen LogP contribution >= 0.6 is 0 Å². The van der Waals surface area contributed by atoms with E-state index >= 15 is 0 Å². The third-order valence-corrected chi connectivity index (χ3v) is 6.53. The van der Waals surface area contributed by atoms with E-state index < -0.39 is 23.4 Å². The first-order valence-corrected chi connectivity index (χ1v) is 12.9. The first kappa shape index (κ1) is 28.4. The van der Waals surface area contributed by atoms with Gasteiger partial charge in [0.05, 0.1) is 29.9 Å². The predicted octanol–water partition coefficient (Wildman–Crippen LogP) is 4.42. The van der Waals surface area contributed by atoms with Crippen molar-refractivity contribution in [1.29, 1.82) is 5.26 Å². The molecule has 4 rings (SSSR count). The van der Waals surface area contributed by atoms with E-state index in [1.807, 2.05) is 13.8 Å². The topological polar surface area (TPSA) is 110 Å². The molecule has 0 bridgehead atoms. The van der Waals surface area contributed by atoms with Crippen molar-refractivity contribution in [2.75, 3.05) is 13.1 Å². The number of amides is 1. The lowest BCUT2D eigenvalue weighted by Gasteiger charge is -2.34. The number of nitriles is 1. The summed E-state index contributed by atoms with van der Waals surface area (Å²) in [6.45, 7) is 4.47. The second-order valence-electron chi connectivity index (χ2n) is 9.77. The Hall–Kier alpha value is -4.62. The summed E-state index contributed by atoms with van der Waals surface area (Å²) in [5, 5.41) is 14.0. The largest absolute Gasteiger partial charge is 0.351 e. The molecule has 0 fully saturated rings. The summed E-state index contributed by atoms with van der Waals surface area (Å²) in [5.74, 6) is -1.28. The van der Waals surface area contributed by atoms with Crippen LogP contribution in [0, 0.1) is 28.9 Å². The maximum atomic E-state index is 14.1. The van der Waals surface area contributed by atoms with Gasteiger partial charge < -0.3 is 10.6 Å². The quantitative estimate of drug-likeness (QED) is 0.318. The molecule has 0 aliphatic carbocycles. The zero-order chi connectivity index (χ0) is 28.8. The van der Waals surface area contributed by atoms with Crippen LogP contribution in [0.5, 0.6) is 0 Å². The van der Waals surface area contributed by atoms with Crippen LogP contribution in [0.3, 0.4) is 0 Å². The minimum atomic E-state index is -0.689. The van der Waals surface area contributed by atoms with Crippen molar-refractivity contribution in [3.8, 4) is 11.8 Å². The van der Waals surface area contributed by atoms with Crippen molar-refractivity contribution in [3.05, 3.63) is 117 Å². The van der Waals surface area contributed by atoms with E-state index in [1.54, 1.807) is 35.2 Å². The van der Waals surface area contributed by atoms with E-state index in [4.69, 9.17) is 5.73 Å². The third kappa shape index (κ3) is 6.16. The van der Waals surface area contributed by atoms with Crippen molar-refractivity contribution < 1.29 is 13.6 Å². The Morgan fingerprint density at radius 3 is 2.42 bits per heavy atom. The Bertz CT molecular complexity index is 1590. The lowest BCUT2D eigenvalue weighted by atomic mass is 9.99. The van der Waals surface area contributed by atoms with Gasteiger partial charge in [-0.1, -0.05) is 32.0 Å². The number of hydrogen-bond acceptors (Lipinski definition) is 5. The fourth-order valence-corrected chi connectivity index (χ4v) is 4.66. The summed E-state index contributed by atoms with van der Waals surface area (Å²) in [7, 11) is 0. The highest BCUT2D eigenvalue weighted by molar-refractivity contribution is 5.94. The SMILES string of the molecule is CC(C)C(c1nn(-c2cccc(F)c2)c(=O)n1Cc1cccc(C#N)c1)N(CCCN)C(=O)c1ccc(F)cc1. The van der Waals surface area contributed by atoms with Gasteiger partial charge in [-0.3, -0.25) is 9.36 Å². The molecule has 3 aromatic carbocycles. The Morgan fingerprint density at radius 1 is 1.05 bits per heavy atom. The van der Waals surface area contributed by atoms with Gasteiger partial charge in [-0.25, -0.2) is 13.6 Å². The molecule has 0 saturated carbocycles. The van der Waals surface area contributed by atoms with Gasteiger partial charge in [-0.2, -0.15) is 9.94 Å². The Labute approximate surface area is 230 Å². The van der Waals surface area contributed by atoms with Crippen molar-refractivity contribution >= 4 is 5.91 Å². The number of benzene rings is 3. The lowest BCUT2D eigenvalue weighted by Crippen LogP contribution is -2.40. The summed E-state index contributed by atoms with van der Waals surface area (Å²) in [6.07, 6.45) is 0.481. The highest BCUT2D eigenvalue weighted by atomic mass is 19.1. The van der Waals surface area contributed by atoms with Crippen LogP contribution in [0.1, 0.15) is 53.6 Å². The highest BCUT2D eigenvalue weighted by Crippen LogP contribution is 2.30. The lowest BCUT2D eigenvalue weighted by molar-refractivity contribution is 0.0603. The second kappa shape index (κ2) is 12.5. The van der Waals surface area contributed by atoms with Crippen molar-refractivity contribution in [3.63, 3.8) is 0 Å². The molecule has 1 amide bonds. The van der Waals surface area contributed by atoms with Gasteiger partial charge in [-0.15, -0.1) is 5.10 Å². The smallest absolute Gasteiger partial charge is 0.330 e. The molecule has 0 spiro atoms. The summed E-state index contributed by atoms with van der Waals surface area (Å²) >= 11 is 0. The molecule has 0 aliphatic heterocycles. The van der Waals surface area contributed by atoms with Crippen LogP contribution in [0.25, 0.3) is 5.69 Å². The zero-order valence-electron chi connectivity index (χ0n) is 22.3. The first-order chi connectivity index (χ1) is 19.2. The molecule has 1 unspecified atom stereocenters. The van der Waals surface area contributed by atoms with Crippen LogP contribution < -0.4 is 11.4 Å². The van der Waals surface area contributed by atoms with Gasteiger partial charge in [0.15, 0.2) is 5.82 Å².